The number of benzene rings is 4. The molecule has 10 rings (SSSR count). The van der Waals surface area contributed by atoms with Gasteiger partial charge in [0.05, 0.1) is 45.7 Å². The third-order valence-corrected chi connectivity index (χ3v) is 29.5. The zero-order chi connectivity index (χ0) is 72.7. The second-order valence-electron chi connectivity index (χ2n) is 24.8. The predicted octanol–water partition coefficient (Wildman–Crippen LogP) is 22.8. The first-order chi connectivity index (χ1) is 45.6. The van der Waals surface area contributed by atoms with Gasteiger partial charge in [0, 0.05) is 62.2 Å². The number of nitrogens with zero attached hydrogens (tertiary/aromatic N) is 5. The van der Waals surface area contributed by atoms with Crippen LogP contribution in [0, 0.1) is 41.5 Å². The summed E-state index contributed by atoms with van der Waals surface area (Å²) >= 11 is 34.7. The molecule has 1 saturated heterocycles. The first kappa shape index (κ1) is 99.4. The maximum Gasteiger partial charge on any atom is 1.00 e. The van der Waals surface area contributed by atoms with E-state index < -0.39 is 22.7 Å². The van der Waals surface area contributed by atoms with Gasteiger partial charge in [0.1, 0.15) is 24.0 Å². The third kappa shape index (κ3) is 34.6. The molecule has 26 heteroatoms. The molecule has 6 heterocycles. The van der Waals surface area contributed by atoms with Crippen molar-refractivity contribution in [2.24, 2.45) is 0 Å². The molecule has 4 aromatic carbocycles. The Kier molecular flexibility index (Phi) is 49.2. The van der Waals surface area contributed by atoms with Crippen molar-refractivity contribution in [2.75, 3.05) is 19.8 Å². The molecule has 0 radical (unpaired) electrons. The summed E-state index contributed by atoms with van der Waals surface area (Å²) in [6, 6.07) is 30.3. The van der Waals surface area contributed by atoms with Crippen LogP contribution in [-0.2, 0) is 18.3 Å². The molecule has 9 aromatic rings. The van der Waals surface area contributed by atoms with Gasteiger partial charge in [-0.15, -0.1) is 56.7 Å². The van der Waals surface area contributed by atoms with Crippen LogP contribution in [0.1, 0.15) is 211 Å². The van der Waals surface area contributed by atoms with Crippen molar-refractivity contribution < 1.29 is 56.7 Å². The molecule has 0 spiro atoms. The summed E-state index contributed by atoms with van der Waals surface area (Å²) in [6.45, 7) is 42.0. The largest absolute Gasteiger partial charge is 1.00 e. The van der Waals surface area contributed by atoms with Gasteiger partial charge in [0.25, 0.3) is 0 Å². The van der Waals surface area contributed by atoms with Gasteiger partial charge >= 0.3 is 24.8 Å². The number of aliphatic hydroxyl groups is 1. The van der Waals surface area contributed by atoms with Crippen LogP contribution in [0.3, 0.4) is 0 Å². The zero-order valence-corrected chi connectivity index (χ0v) is 70.3. The molecule has 0 bridgehead atoms. The normalized spacial score (nSPS) is 12.2. The summed E-state index contributed by atoms with van der Waals surface area (Å²) < 4.78 is 24.1. The van der Waals surface area contributed by atoms with E-state index in [0.717, 1.165) is 94.3 Å². The maximum absolute atomic E-state index is 11.1. The van der Waals surface area contributed by atoms with E-state index in [4.69, 9.17) is 64.7 Å². The molecular weight excluding hydrogens is 1540 g/mol. The van der Waals surface area contributed by atoms with E-state index in [1.165, 1.54) is 69.5 Å². The van der Waals surface area contributed by atoms with Crippen molar-refractivity contribution in [2.45, 2.75) is 193 Å². The second-order valence-corrected chi connectivity index (χ2v) is 42.4. The smallest absolute Gasteiger partial charge is 0.461 e. The summed E-state index contributed by atoms with van der Waals surface area (Å²) in [5, 5.41) is 13.6. The van der Waals surface area contributed by atoms with Gasteiger partial charge < -0.3 is 30.4 Å². The van der Waals surface area contributed by atoms with Gasteiger partial charge in [-0.05, 0) is 162 Å². The molecule has 0 saturated carbocycles. The molecule has 0 aliphatic carbocycles. The number of ether oxygens (including phenoxy) is 2. The number of halogens is 5. The molecule has 1 N–H and O–H groups in total. The van der Waals surface area contributed by atoms with Crippen molar-refractivity contribution in [3.8, 4) is 0 Å². The van der Waals surface area contributed by atoms with E-state index in [2.05, 4.69) is 135 Å². The van der Waals surface area contributed by atoms with Crippen molar-refractivity contribution in [1.29, 1.82) is 0 Å². The molecular formula is C75H105BrCl4LiN5O8S5Si2. The fraction of sp³-hybridized carbons (Fsp3) is 0.427. The number of esters is 1. The number of carbonyl (C=O) groups is 3. The number of hydrogen-bond donors (Lipinski definition) is 1. The van der Waals surface area contributed by atoms with Gasteiger partial charge in [0.2, 0.25) is 0 Å². The van der Waals surface area contributed by atoms with Crippen LogP contribution >= 0.6 is 119 Å². The topological polar surface area (TPSA) is 173 Å². The Morgan fingerprint density at radius 3 is 1.33 bits per heavy atom. The molecule has 1 aliphatic rings. The monoisotopic (exact) mass is 1650 g/mol. The Morgan fingerprint density at radius 2 is 1.01 bits per heavy atom. The van der Waals surface area contributed by atoms with Crippen LogP contribution in [0.4, 0.5) is 0 Å². The Morgan fingerprint density at radius 1 is 0.604 bits per heavy atom. The Hall–Kier alpha value is -3.65. The molecule has 1 aliphatic heterocycles. The summed E-state index contributed by atoms with van der Waals surface area (Å²) in [6.07, 6.45) is 5.25. The van der Waals surface area contributed by atoms with Crippen molar-refractivity contribution >= 4 is 154 Å². The van der Waals surface area contributed by atoms with E-state index in [1.54, 1.807) is 46.9 Å². The number of thiazole rings is 5. The quantitative estimate of drug-likeness (QED) is 0.0445. The summed E-state index contributed by atoms with van der Waals surface area (Å²) in [4.78, 5) is 58.2. The fourth-order valence-electron chi connectivity index (χ4n) is 7.64. The molecule has 101 heavy (non-hydrogen) atoms. The van der Waals surface area contributed by atoms with E-state index in [9.17, 15) is 19.5 Å². The number of carbonyl (C=O) groups excluding carboxylic acids is 3. The molecule has 3 atom stereocenters. The number of rotatable bonds is 15. The van der Waals surface area contributed by atoms with E-state index >= 15 is 0 Å². The minimum atomic E-state index is -2.04. The van der Waals surface area contributed by atoms with E-state index in [1.807, 2.05) is 112 Å². The Labute approximate surface area is 666 Å². The molecule has 5 aromatic heterocycles. The van der Waals surface area contributed by atoms with Gasteiger partial charge in [0.15, 0.2) is 39.9 Å². The number of aromatic nitrogens is 5. The standard InChI is InChI=1S/C18H24ClNO2SSi.C17H24ClNOSSi.C11H10ClNOS.C7H9NO2S.C6H4BrCl.C5H5NOS.C4H8O.C4H9.3CH4.Li/c1-12-16(20-15(11-21)23-12)17(13-8-7-9-14(19)10-13)22-24(5,6)18(2,3)4;1-12-15(19-11-21-12)16(13-8-7-9-14(18)10-13)20-22(5,6)17(2,3)4;1-7-10(13-6-15-7)11(14)8-3-2-4-9(12)5-8;1-3-10-7(9)6-5(2)11-4-8-6;7-5-2-1-3-6(8)4-5;1-4-5(2-7)6-3-8-4;1-2-4-5-3-1;1-3-4-2;;;;/h7-11,17H,1-6H3;7-11,16H,1-6H3;2-6,11,14H,1H3;4H,3H2,1-2H3;1-4H;2-3H,1H3;1-4H2;1,3-4H2,2H3;3*1H4;/q;;;;;;;-1;;;;+1. The fourth-order valence-corrected chi connectivity index (χ4v) is 14.4. The van der Waals surface area contributed by atoms with Crippen molar-refractivity contribution in [1.82, 2.24) is 24.9 Å². The minimum absolute atomic E-state index is 0. The molecule has 0 amide bonds. The average molecular weight is 1650 g/mol. The van der Waals surface area contributed by atoms with E-state index in [-0.39, 0.29) is 69.4 Å². The second kappa shape index (κ2) is 50.0. The number of aryl methyl sites for hydroxylation is 5. The van der Waals surface area contributed by atoms with Crippen LogP contribution in [0.2, 0.25) is 56.4 Å². The summed E-state index contributed by atoms with van der Waals surface area (Å²) in [7, 11) is -3.97. The number of hydrogen-bond acceptors (Lipinski definition) is 18. The summed E-state index contributed by atoms with van der Waals surface area (Å²) in [5.41, 5.74) is 13.3. The maximum atomic E-state index is 11.1. The van der Waals surface area contributed by atoms with Gasteiger partial charge in [-0.25, -0.2) is 29.7 Å². The van der Waals surface area contributed by atoms with Gasteiger partial charge in [-0.1, -0.05) is 182 Å². The molecule has 3 unspecified atom stereocenters. The molecule has 552 valence electrons. The van der Waals surface area contributed by atoms with Crippen molar-refractivity contribution in [3.05, 3.63) is 225 Å². The van der Waals surface area contributed by atoms with E-state index in [0.29, 0.717) is 38.7 Å². The SMILES string of the molecule is C.C.C.C1CCOC1.CCOC(=O)c1ncsc1C.Cc1sc(C=O)nc1C(O[Si](C)(C)C(C)(C)C)c1cccc(Cl)c1.Cc1scnc1C(O)c1cccc(Cl)c1.Cc1scnc1C(O[Si](C)(C)C(C)(C)C)c1cccc(Cl)c1.Cc1scnc1C=O.Clc1cccc(Br)c1.[CH2-]CCC.[Li+]. The number of unbranched alkanes of at least 4 members (excludes halogenated alkanes) is 1. The molecule has 1 fully saturated rings. The first-order valence-electron chi connectivity index (χ1n) is 31.4. The van der Waals surface area contributed by atoms with Crippen molar-refractivity contribution in [3.63, 3.8) is 0 Å². The Balaban J connectivity index is 0. The molecule has 13 nitrogen and oxygen atoms in total. The van der Waals surface area contributed by atoms with Crippen LogP contribution in [0.25, 0.3) is 0 Å². The average Bonchev–Trinajstić information content (AvgIpc) is 1.79. The van der Waals surface area contributed by atoms with Crippen LogP contribution in [0.15, 0.2) is 124 Å². The van der Waals surface area contributed by atoms with Crippen LogP contribution in [0.5, 0.6) is 0 Å². The third-order valence-electron chi connectivity index (χ3n) is 15.2. The van der Waals surface area contributed by atoms with Gasteiger partial charge in [-0.3, -0.25) is 9.59 Å². The number of aliphatic hydroxyl groups excluding tert-OH is 1. The van der Waals surface area contributed by atoms with Gasteiger partial charge in [-0.2, -0.15) is 6.42 Å². The Bertz CT molecular complexity index is 3770. The predicted molar refractivity (Wildman–Crippen MR) is 439 cm³/mol. The minimum Gasteiger partial charge on any atom is -0.461 e. The first-order valence-corrected chi connectivity index (χ1v) is 43.8. The van der Waals surface area contributed by atoms with Crippen LogP contribution < -0.4 is 18.9 Å². The zero-order valence-electron chi connectivity index (χ0n) is 59.6. The number of aldehydes is 2. The van der Waals surface area contributed by atoms with Crippen LogP contribution in [-0.4, -0.2) is 85.0 Å². The summed E-state index contributed by atoms with van der Waals surface area (Å²) in [5.74, 6) is -0.328.